The number of rotatable bonds is 3. The van der Waals surface area contributed by atoms with Crippen LogP contribution in [0.5, 0.6) is 0 Å². The summed E-state index contributed by atoms with van der Waals surface area (Å²) in [4.78, 5) is 0. The maximum absolute atomic E-state index is 12.3. The van der Waals surface area contributed by atoms with E-state index in [4.69, 9.17) is 0 Å². The van der Waals surface area contributed by atoms with Crippen molar-refractivity contribution in [2.24, 2.45) is 4.40 Å². The van der Waals surface area contributed by atoms with Gasteiger partial charge in [-0.05, 0) is 38.5 Å². The van der Waals surface area contributed by atoms with E-state index in [9.17, 15) is 21.6 Å². The van der Waals surface area contributed by atoms with Crippen molar-refractivity contribution in [3.05, 3.63) is 35.4 Å². The Balaban J connectivity index is 2.87. The van der Waals surface area contributed by atoms with Crippen LogP contribution in [-0.4, -0.2) is 20.2 Å². The molecule has 0 fully saturated rings. The molecule has 0 aromatic heterocycles. The van der Waals surface area contributed by atoms with Gasteiger partial charge in [-0.2, -0.15) is 30.7 Å². The lowest BCUT2D eigenvalue weighted by Crippen LogP contribution is -2.39. The molecule has 0 bridgehead atoms. The Bertz CT molecular complexity index is 585. The van der Waals surface area contributed by atoms with Crippen LogP contribution in [0, 0.1) is 0 Å². The van der Waals surface area contributed by atoms with Crippen LogP contribution in [0.3, 0.4) is 0 Å². The number of alkyl halides is 3. The summed E-state index contributed by atoms with van der Waals surface area (Å²) in [6.07, 6.45) is -3.43. The molecule has 0 saturated carbocycles. The molecule has 1 N–H and O–H groups in total. The van der Waals surface area contributed by atoms with Gasteiger partial charge in [0.2, 0.25) is 0 Å². The fourth-order valence-electron chi connectivity index (χ4n) is 1.30. The summed E-state index contributed by atoms with van der Waals surface area (Å²) in [5.41, 5.74) is -1.22. The highest BCUT2D eigenvalue weighted by atomic mass is 32.2. The van der Waals surface area contributed by atoms with E-state index in [1.807, 2.05) is 0 Å². The molecule has 1 rings (SSSR count). The Morgan fingerprint density at radius 1 is 1.10 bits per heavy atom. The molecule has 0 aliphatic rings. The minimum Gasteiger partial charge on any atom is -0.191 e. The largest absolute Gasteiger partial charge is 0.416 e. The highest BCUT2D eigenvalue weighted by Crippen LogP contribution is 2.28. The first-order valence-electron chi connectivity index (χ1n) is 5.66. The molecule has 0 spiro atoms. The predicted molar refractivity (Wildman–Crippen MR) is 70.8 cm³/mol. The highest BCUT2D eigenvalue weighted by Gasteiger charge is 2.29. The fourth-order valence-corrected chi connectivity index (χ4v) is 2.39. The van der Waals surface area contributed by atoms with E-state index in [-0.39, 0.29) is 5.56 Å². The Morgan fingerprint density at radius 2 is 1.60 bits per heavy atom. The molecule has 112 valence electrons. The van der Waals surface area contributed by atoms with Crippen molar-refractivity contribution in [3.63, 3.8) is 0 Å². The van der Waals surface area contributed by atoms with Crippen LogP contribution in [0.4, 0.5) is 13.2 Å². The molecule has 1 aromatic carbocycles. The van der Waals surface area contributed by atoms with Gasteiger partial charge in [-0.1, -0.05) is 12.1 Å². The van der Waals surface area contributed by atoms with Gasteiger partial charge in [0, 0.05) is 11.8 Å². The quantitative estimate of drug-likeness (QED) is 0.873. The first-order valence-corrected chi connectivity index (χ1v) is 7.10. The number of nitrogens with one attached hydrogen (secondary N) is 1. The maximum Gasteiger partial charge on any atom is 0.416 e. The Hall–Kier alpha value is -1.41. The number of halogens is 3. The van der Waals surface area contributed by atoms with Gasteiger partial charge in [0.25, 0.3) is 0 Å². The summed E-state index contributed by atoms with van der Waals surface area (Å²) in [6.45, 7) is 4.95. The van der Waals surface area contributed by atoms with Gasteiger partial charge in [0.05, 0.1) is 5.56 Å². The number of hydrogen-bond donors (Lipinski definition) is 1. The van der Waals surface area contributed by atoms with E-state index >= 15 is 0 Å². The molecule has 4 nitrogen and oxygen atoms in total. The number of benzene rings is 1. The van der Waals surface area contributed by atoms with E-state index in [2.05, 4.69) is 9.12 Å². The smallest absolute Gasteiger partial charge is 0.191 e. The molecule has 0 unspecified atom stereocenters. The van der Waals surface area contributed by atoms with Crippen LogP contribution < -0.4 is 4.72 Å². The number of hydrogen-bond acceptors (Lipinski definition) is 2. The molecular weight excluding hydrogens is 293 g/mol. The van der Waals surface area contributed by atoms with Gasteiger partial charge < -0.3 is 0 Å². The highest BCUT2D eigenvalue weighted by molar-refractivity contribution is 7.88. The summed E-state index contributed by atoms with van der Waals surface area (Å²) in [7, 11) is -3.88. The minimum absolute atomic E-state index is 0.261. The molecule has 8 heteroatoms. The van der Waals surface area contributed by atoms with Crippen LogP contribution >= 0.6 is 0 Å². The average Bonchev–Trinajstić information content (AvgIpc) is 2.22. The van der Waals surface area contributed by atoms with Gasteiger partial charge in [0.1, 0.15) is 0 Å². The van der Waals surface area contributed by atoms with Gasteiger partial charge in [-0.3, -0.25) is 0 Å². The van der Waals surface area contributed by atoms with Crippen LogP contribution in [0.2, 0.25) is 0 Å². The normalized spacial score (nSPS) is 13.9. The summed E-state index contributed by atoms with van der Waals surface area (Å²) >= 11 is 0. The van der Waals surface area contributed by atoms with Crippen molar-refractivity contribution in [1.82, 2.24) is 4.72 Å². The molecule has 0 aliphatic carbocycles. The SMILES string of the molecule is CC(C)(C)NS(=O)(=O)N=Cc1ccc(C(F)(F)F)cc1. The topological polar surface area (TPSA) is 58.5 Å². The molecule has 20 heavy (non-hydrogen) atoms. The lowest BCUT2D eigenvalue weighted by Gasteiger charge is -2.17. The second-order valence-electron chi connectivity index (χ2n) is 5.18. The Morgan fingerprint density at radius 3 is 2.00 bits per heavy atom. The van der Waals surface area contributed by atoms with Crippen LogP contribution in [0.15, 0.2) is 28.7 Å². The Labute approximate surface area is 115 Å². The zero-order chi connectivity index (χ0) is 15.6. The number of nitrogens with zero attached hydrogens (tertiary/aromatic N) is 1. The van der Waals surface area contributed by atoms with E-state index < -0.39 is 27.5 Å². The third-order valence-electron chi connectivity index (χ3n) is 2.01. The standard InChI is InChI=1S/C12H15F3N2O2S/c1-11(2,3)17-20(18,19)16-8-9-4-6-10(7-5-9)12(13,14)15/h4-8,17H,1-3H3. The first-order chi connectivity index (χ1) is 8.89. The molecule has 0 atom stereocenters. The van der Waals surface area contributed by atoms with Gasteiger partial charge in [-0.25, -0.2) is 0 Å². The minimum atomic E-state index is -4.42. The summed E-state index contributed by atoms with van der Waals surface area (Å²) in [6, 6.07) is 4.04. The van der Waals surface area contributed by atoms with Crippen LogP contribution in [0.25, 0.3) is 0 Å². The lowest BCUT2D eigenvalue weighted by molar-refractivity contribution is -0.137. The summed E-state index contributed by atoms with van der Waals surface area (Å²) < 4.78 is 65.8. The van der Waals surface area contributed by atoms with Crippen LogP contribution in [0.1, 0.15) is 31.9 Å². The van der Waals surface area contributed by atoms with Gasteiger partial charge in [-0.15, -0.1) is 0 Å². The van der Waals surface area contributed by atoms with Crippen LogP contribution in [-0.2, 0) is 16.4 Å². The molecule has 0 radical (unpaired) electrons. The predicted octanol–water partition coefficient (Wildman–Crippen LogP) is 2.76. The molecule has 0 heterocycles. The van der Waals surface area contributed by atoms with E-state index in [0.29, 0.717) is 0 Å². The molecule has 0 aliphatic heterocycles. The van der Waals surface area contributed by atoms with Gasteiger partial charge >= 0.3 is 16.4 Å². The summed E-state index contributed by atoms with van der Waals surface area (Å²) in [5, 5.41) is 0. The summed E-state index contributed by atoms with van der Waals surface area (Å²) in [5.74, 6) is 0. The monoisotopic (exact) mass is 308 g/mol. The van der Waals surface area contributed by atoms with E-state index in [1.54, 1.807) is 20.8 Å². The zero-order valence-corrected chi connectivity index (χ0v) is 12.0. The van der Waals surface area contributed by atoms with Crippen molar-refractivity contribution in [2.75, 3.05) is 0 Å². The van der Waals surface area contributed by atoms with Crippen molar-refractivity contribution >= 4 is 16.4 Å². The van der Waals surface area contributed by atoms with Crippen molar-refractivity contribution < 1.29 is 21.6 Å². The third kappa shape index (κ3) is 5.70. The molecule has 0 amide bonds. The van der Waals surface area contributed by atoms with Crippen molar-refractivity contribution in [3.8, 4) is 0 Å². The fraction of sp³-hybridized carbons (Fsp3) is 0.417. The lowest BCUT2D eigenvalue weighted by atomic mass is 10.1. The third-order valence-corrected chi connectivity index (χ3v) is 3.27. The maximum atomic E-state index is 12.3. The zero-order valence-electron chi connectivity index (χ0n) is 11.2. The van der Waals surface area contributed by atoms with Crippen molar-refractivity contribution in [1.29, 1.82) is 0 Å². The Kier molecular flexibility index (Phi) is 4.60. The molecule has 0 saturated heterocycles. The first kappa shape index (κ1) is 16.6. The second kappa shape index (κ2) is 5.53. The molecular formula is C12H15F3N2O2S. The van der Waals surface area contributed by atoms with E-state index in [1.165, 1.54) is 0 Å². The average molecular weight is 308 g/mol. The second-order valence-corrected chi connectivity index (χ2v) is 6.55. The van der Waals surface area contributed by atoms with E-state index in [0.717, 1.165) is 30.5 Å². The van der Waals surface area contributed by atoms with Gasteiger partial charge in [0.15, 0.2) is 0 Å². The molecule has 1 aromatic rings. The van der Waals surface area contributed by atoms with Crippen molar-refractivity contribution in [2.45, 2.75) is 32.5 Å².